The molecule has 2 aromatic rings. The van der Waals surface area contributed by atoms with Crippen LogP contribution in [0.15, 0.2) is 46.3 Å². The van der Waals surface area contributed by atoms with Crippen molar-refractivity contribution in [3.63, 3.8) is 0 Å². The highest BCUT2D eigenvalue weighted by Gasteiger charge is 2.07. The van der Waals surface area contributed by atoms with Crippen LogP contribution in [0.4, 0.5) is 0 Å². The summed E-state index contributed by atoms with van der Waals surface area (Å²) < 4.78 is 6.23. The molecule has 0 fully saturated rings. The van der Waals surface area contributed by atoms with Crippen LogP contribution in [0.25, 0.3) is 6.08 Å². The molecule has 0 aliphatic heterocycles. The smallest absolute Gasteiger partial charge is 0.255 e. The van der Waals surface area contributed by atoms with E-state index in [9.17, 15) is 9.59 Å². The molecule has 0 saturated carbocycles. The zero-order valence-electron chi connectivity index (χ0n) is 13.1. The molecule has 1 aromatic heterocycles. The van der Waals surface area contributed by atoms with Crippen molar-refractivity contribution in [3.05, 3.63) is 56.7 Å². The molecule has 0 bridgehead atoms. The zero-order valence-corrected chi connectivity index (χ0v) is 15.5. The molecule has 5 nitrogen and oxygen atoms in total. The van der Waals surface area contributed by atoms with Crippen LogP contribution in [0, 0.1) is 0 Å². The Bertz CT molecular complexity index is 741. The standard InChI is InChI=1S/C17H17BrN2O3S/c1-20(10-14-7-8-15(18)24-14)17(22)9-4-12-2-5-13(6-3-12)23-11-16(19)21/h2-9H,10-11H2,1H3,(H2,19,21)/b9-4+. The lowest BCUT2D eigenvalue weighted by molar-refractivity contribution is -0.125. The second kappa shape index (κ2) is 8.65. The molecule has 1 aromatic carbocycles. The summed E-state index contributed by atoms with van der Waals surface area (Å²) in [5.41, 5.74) is 5.88. The first-order chi connectivity index (χ1) is 11.4. The van der Waals surface area contributed by atoms with Crippen LogP contribution < -0.4 is 10.5 Å². The van der Waals surface area contributed by atoms with Crippen LogP contribution in [0.2, 0.25) is 0 Å². The van der Waals surface area contributed by atoms with Gasteiger partial charge >= 0.3 is 0 Å². The average molecular weight is 409 g/mol. The highest BCUT2D eigenvalue weighted by Crippen LogP contribution is 2.23. The van der Waals surface area contributed by atoms with Gasteiger partial charge in [-0.25, -0.2) is 0 Å². The molecule has 2 N–H and O–H groups in total. The monoisotopic (exact) mass is 408 g/mol. The Balaban J connectivity index is 1.89. The molecule has 2 rings (SSSR count). The van der Waals surface area contributed by atoms with Gasteiger partial charge in [0.2, 0.25) is 5.91 Å². The lowest BCUT2D eigenvalue weighted by Gasteiger charge is -2.13. The fourth-order valence-electron chi connectivity index (χ4n) is 1.87. The number of hydrogen-bond donors (Lipinski definition) is 1. The maximum atomic E-state index is 12.1. The number of rotatable bonds is 7. The third-order valence-corrected chi connectivity index (χ3v) is 4.69. The molecular weight excluding hydrogens is 392 g/mol. The molecular formula is C17H17BrN2O3S. The van der Waals surface area contributed by atoms with E-state index in [-0.39, 0.29) is 12.5 Å². The Kier molecular flexibility index (Phi) is 6.57. The molecule has 0 saturated heterocycles. The molecule has 0 aliphatic carbocycles. The third kappa shape index (κ3) is 5.82. The minimum absolute atomic E-state index is 0.0754. The van der Waals surface area contributed by atoms with Gasteiger partial charge in [0, 0.05) is 18.0 Å². The lowest BCUT2D eigenvalue weighted by atomic mass is 10.2. The van der Waals surface area contributed by atoms with Crippen LogP contribution >= 0.6 is 27.3 Å². The van der Waals surface area contributed by atoms with E-state index < -0.39 is 5.91 Å². The molecule has 126 valence electrons. The van der Waals surface area contributed by atoms with Gasteiger partial charge in [-0.05, 0) is 51.8 Å². The largest absolute Gasteiger partial charge is 0.484 e. The van der Waals surface area contributed by atoms with Crippen LogP contribution in [-0.4, -0.2) is 30.4 Å². The Morgan fingerprint density at radius 1 is 1.25 bits per heavy atom. The second-order valence-corrected chi connectivity index (χ2v) is 7.61. The maximum Gasteiger partial charge on any atom is 0.255 e. The number of likely N-dealkylation sites (N-methyl/N-ethyl adjacent to an activating group) is 1. The summed E-state index contributed by atoms with van der Waals surface area (Å²) in [6.07, 6.45) is 3.27. The van der Waals surface area contributed by atoms with Gasteiger partial charge in [-0.2, -0.15) is 0 Å². The molecule has 0 unspecified atom stereocenters. The van der Waals surface area contributed by atoms with Crippen molar-refractivity contribution in [1.82, 2.24) is 4.90 Å². The highest BCUT2D eigenvalue weighted by atomic mass is 79.9. The molecule has 1 heterocycles. The first-order valence-electron chi connectivity index (χ1n) is 7.12. The lowest BCUT2D eigenvalue weighted by Crippen LogP contribution is -2.23. The van der Waals surface area contributed by atoms with Gasteiger partial charge in [-0.3, -0.25) is 9.59 Å². The van der Waals surface area contributed by atoms with E-state index >= 15 is 0 Å². The minimum Gasteiger partial charge on any atom is -0.484 e. The van der Waals surface area contributed by atoms with Crippen molar-refractivity contribution in [2.45, 2.75) is 6.54 Å². The number of thiophene rings is 1. The SMILES string of the molecule is CN(Cc1ccc(Br)s1)C(=O)/C=C/c1ccc(OCC(N)=O)cc1. The van der Waals surface area contributed by atoms with E-state index in [1.54, 1.807) is 53.6 Å². The van der Waals surface area contributed by atoms with Gasteiger partial charge in [-0.1, -0.05) is 12.1 Å². The summed E-state index contributed by atoms with van der Waals surface area (Å²) in [5.74, 6) is -0.0448. The van der Waals surface area contributed by atoms with Crippen molar-refractivity contribution < 1.29 is 14.3 Å². The number of ether oxygens (including phenoxy) is 1. The topological polar surface area (TPSA) is 72.6 Å². The fraction of sp³-hybridized carbons (Fsp3) is 0.176. The predicted molar refractivity (Wildman–Crippen MR) is 98.7 cm³/mol. The third-order valence-electron chi connectivity index (χ3n) is 3.08. The summed E-state index contributed by atoms with van der Waals surface area (Å²) >= 11 is 5.02. The van der Waals surface area contributed by atoms with Crippen molar-refractivity contribution >= 4 is 45.2 Å². The first kappa shape index (κ1) is 18.2. The first-order valence-corrected chi connectivity index (χ1v) is 8.73. The quantitative estimate of drug-likeness (QED) is 0.715. The number of benzene rings is 1. The summed E-state index contributed by atoms with van der Waals surface area (Å²) in [5, 5.41) is 0. The number of nitrogens with two attached hydrogens (primary N) is 1. The molecule has 7 heteroatoms. The van der Waals surface area contributed by atoms with E-state index in [2.05, 4.69) is 15.9 Å². The molecule has 0 radical (unpaired) electrons. The summed E-state index contributed by atoms with van der Waals surface area (Å²) in [7, 11) is 1.76. The molecule has 0 aliphatic rings. The number of carbonyl (C=O) groups excluding carboxylic acids is 2. The van der Waals surface area contributed by atoms with Crippen molar-refractivity contribution in [1.29, 1.82) is 0 Å². The molecule has 0 atom stereocenters. The second-order valence-electron chi connectivity index (χ2n) is 5.06. The predicted octanol–water partition coefficient (Wildman–Crippen LogP) is 3.05. The van der Waals surface area contributed by atoms with Gasteiger partial charge in [0.25, 0.3) is 5.91 Å². The molecule has 0 spiro atoms. The van der Waals surface area contributed by atoms with E-state index in [0.29, 0.717) is 12.3 Å². The molecule has 24 heavy (non-hydrogen) atoms. The Hall–Kier alpha value is -2.12. The normalized spacial score (nSPS) is 10.8. The van der Waals surface area contributed by atoms with Gasteiger partial charge in [0.05, 0.1) is 10.3 Å². The number of nitrogens with zero attached hydrogens (tertiary/aromatic N) is 1. The average Bonchev–Trinajstić information content (AvgIpc) is 2.96. The van der Waals surface area contributed by atoms with E-state index in [1.807, 2.05) is 12.1 Å². The molecule has 2 amide bonds. The summed E-state index contributed by atoms with van der Waals surface area (Å²) in [6, 6.07) is 11.0. The Morgan fingerprint density at radius 3 is 2.54 bits per heavy atom. The Labute approximate surface area is 152 Å². The number of carbonyl (C=O) groups is 2. The zero-order chi connectivity index (χ0) is 17.5. The maximum absolute atomic E-state index is 12.1. The van der Waals surface area contributed by atoms with Crippen molar-refractivity contribution in [3.8, 4) is 5.75 Å². The van der Waals surface area contributed by atoms with E-state index in [1.165, 1.54) is 6.08 Å². The fourth-order valence-corrected chi connectivity index (χ4v) is 3.41. The van der Waals surface area contributed by atoms with Crippen molar-refractivity contribution in [2.75, 3.05) is 13.7 Å². The highest BCUT2D eigenvalue weighted by molar-refractivity contribution is 9.11. The van der Waals surface area contributed by atoms with Crippen LogP contribution in [0.1, 0.15) is 10.4 Å². The number of hydrogen-bond acceptors (Lipinski definition) is 4. The number of amides is 2. The number of primary amides is 1. The number of halogens is 1. The van der Waals surface area contributed by atoms with Gasteiger partial charge in [0.15, 0.2) is 6.61 Å². The Morgan fingerprint density at radius 2 is 1.96 bits per heavy atom. The van der Waals surface area contributed by atoms with Crippen molar-refractivity contribution in [2.24, 2.45) is 5.73 Å². The summed E-state index contributed by atoms with van der Waals surface area (Å²) in [4.78, 5) is 25.5. The van der Waals surface area contributed by atoms with Crippen LogP contribution in [-0.2, 0) is 16.1 Å². The summed E-state index contributed by atoms with van der Waals surface area (Å²) in [6.45, 7) is 0.413. The van der Waals surface area contributed by atoms with Crippen LogP contribution in [0.5, 0.6) is 5.75 Å². The van der Waals surface area contributed by atoms with E-state index in [0.717, 1.165) is 14.2 Å². The van der Waals surface area contributed by atoms with E-state index in [4.69, 9.17) is 10.5 Å². The van der Waals surface area contributed by atoms with Gasteiger partial charge in [-0.15, -0.1) is 11.3 Å². The van der Waals surface area contributed by atoms with Crippen LogP contribution in [0.3, 0.4) is 0 Å². The minimum atomic E-state index is -0.523. The van der Waals surface area contributed by atoms with Gasteiger partial charge in [0.1, 0.15) is 5.75 Å². The van der Waals surface area contributed by atoms with Gasteiger partial charge < -0.3 is 15.4 Å².